The number of esters is 1. The Bertz CT molecular complexity index is 2490. The number of benzene rings is 3. The average molecular weight is 951 g/mol. The lowest BCUT2D eigenvalue weighted by Gasteiger charge is -2.45. The maximum atomic E-state index is 14.4. The first kappa shape index (κ1) is 49.0. The van der Waals surface area contributed by atoms with Crippen molar-refractivity contribution in [3.8, 4) is 51.6 Å². The van der Waals surface area contributed by atoms with Gasteiger partial charge < -0.3 is 114 Å². The Hall–Kier alpha value is -5.88. The highest BCUT2D eigenvalue weighted by atomic mass is 16.8. The van der Waals surface area contributed by atoms with E-state index < -0.39 is 180 Å². The fourth-order valence-corrected chi connectivity index (χ4v) is 7.34. The molecule has 3 aromatic carbocycles. The minimum absolute atomic E-state index is 0.201. The third-order valence-corrected chi connectivity index (χ3v) is 11.1. The van der Waals surface area contributed by atoms with Crippen molar-refractivity contribution in [2.45, 2.75) is 92.1 Å². The van der Waals surface area contributed by atoms with E-state index in [2.05, 4.69) is 0 Å². The van der Waals surface area contributed by atoms with Gasteiger partial charge in [0.2, 0.25) is 23.8 Å². The fourth-order valence-electron chi connectivity index (χ4n) is 7.34. The third kappa shape index (κ3) is 10.1. The van der Waals surface area contributed by atoms with Crippen molar-refractivity contribution in [1.29, 1.82) is 0 Å². The molecule has 15 atom stereocenters. The monoisotopic (exact) mass is 950 g/mol. The molecule has 0 radical (unpaired) electrons. The summed E-state index contributed by atoms with van der Waals surface area (Å²) < 4.78 is 45.2. The van der Waals surface area contributed by atoms with Crippen LogP contribution in [0.15, 0.2) is 63.8 Å². The van der Waals surface area contributed by atoms with Gasteiger partial charge >= 0.3 is 5.97 Å². The molecule has 3 aliphatic heterocycles. The van der Waals surface area contributed by atoms with E-state index in [0.717, 1.165) is 42.5 Å². The molecule has 7 rings (SSSR count). The highest BCUT2D eigenvalue weighted by molar-refractivity contribution is 5.89. The van der Waals surface area contributed by atoms with Gasteiger partial charge in [-0.25, -0.2) is 4.79 Å². The Kier molecular flexibility index (Phi) is 14.7. The molecule has 0 spiro atoms. The van der Waals surface area contributed by atoms with E-state index in [1.807, 2.05) is 0 Å². The van der Waals surface area contributed by atoms with Crippen molar-refractivity contribution in [1.82, 2.24) is 0 Å². The quantitative estimate of drug-likeness (QED) is 0.0350. The van der Waals surface area contributed by atoms with E-state index in [1.54, 1.807) is 0 Å². The maximum Gasteiger partial charge on any atom is 0.330 e. The Labute approximate surface area is 375 Å². The van der Waals surface area contributed by atoms with E-state index >= 15 is 0 Å². The Morgan fingerprint density at radius 3 is 1.82 bits per heavy atom. The highest BCUT2D eigenvalue weighted by Crippen LogP contribution is 2.41. The third-order valence-electron chi connectivity index (χ3n) is 11.1. The lowest BCUT2D eigenvalue weighted by Crippen LogP contribution is -2.65. The van der Waals surface area contributed by atoms with E-state index in [-0.39, 0.29) is 5.56 Å². The molecule has 0 aliphatic carbocycles. The number of aliphatic hydroxyl groups excluding tert-OH is 10. The number of rotatable bonds is 13. The number of carbonyl (C=O) groups is 1. The number of carbonyl (C=O) groups excluding carboxylic acids is 1. The molecule has 4 heterocycles. The van der Waals surface area contributed by atoms with Crippen LogP contribution in [0.5, 0.6) is 40.2 Å². The molecule has 15 N–H and O–H groups in total. The number of hydrogen-bond acceptors (Lipinski definition) is 25. The van der Waals surface area contributed by atoms with Crippen LogP contribution in [0.1, 0.15) is 5.56 Å². The van der Waals surface area contributed by atoms with Crippen molar-refractivity contribution in [2.24, 2.45) is 0 Å². The summed E-state index contributed by atoms with van der Waals surface area (Å²) in [7, 11) is 0. The molecular weight excluding hydrogens is 904 g/mol. The standard InChI is InChI=1S/C42H46O25/c43-11-23-28(51)32(55)36(59)41(63-23)67-39-34(57)29(52)24(12-44)64-42(39)66-38-31(54)27-21(49)9-16(10-22(27)62-37(38)15-3-5-18(46)20(48)8-15)61-40-35(58)33(56)30(53)25(65-40)13-60-26(50)6-2-14-1-4-17(45)19(47)7-14/h1-10,23-25,28-30,32-36,39-49,51-53,55-59H,11-13H2/b6-2+/t23-,24-,25-,28-,29-,30-,32+,33+,34+,35-,36+,39-,40-,41+,42+/m1/s1. The summed E-state index contributed by atoms with van der Waals surface area (Å²) >= 11 is 0. The van der Waals surface area contributed by atoms with Crippen LogP contribution in [0.25, 0.3) is 28.4 Å². The minimum atomic E-state index is -2.08. The zero-order chi connectivity index (χ0) is 48.6. The normalized spacial score (nSPS) is 32.3. The second-order valence-electron chi connectivity index (χ2n) is 15.6. The lowest BCUT2D eigenvalue weighted by molar-refractivity contribution is -0.358. The molecule has 67 heavy (non-hydrogen) atoms. The van der Waals surface area contributed by atoms with E-state index in [9.17, 15) is 86.2 Å². The first-order valence-corrected chi connectivity index (χ1v) is 20.2. The zero-order valence-corrected chi connectivity index (χ0v) is 34.3. The predicted octanol–water partition coefficient (Wildman–Crippen LogP) is -3.57. The summed E-state index contributed by atoms with van der Waals surface area (Å²) in [6.07, 6.45) is -26.0. The number of ether oxygens (including phenoxy) is 7. The van der Waals surface area contributed by atoms with Gasteiger partial charge in [0, 0.05) is 23.8 Å². The molecule has 3 fully saturated rings. The number of aliphatic hydroxyl groups is 10. The molecule has 0 unspecified atom stereocenters. The number of aromatic hydroxyl groups is 5. The molecule has 1 aromatic heterocycles. The summed E-state index contributed by atoms with van der Waals surface area (Å²) in [5.41, 5.74) is -1.60. The van der Waals surface area contributed by atoms with Crippen molar-refractivity contribution in [3.63, 3.8) is 0 Å². The van der Waals surface area contributed by atoms with Gasteiger partial charge in [0.15, 0.2) is 41.2 Å². The van der Waals surface area contributed by atoms with Crippen molar-refractivity contribution >= 4 is 23.0 Å². The van der Waals surface area contributed by atoms with Gasteiger partial charge in [0.25, 0.3) is 0 Å². The van der Waals surface area contributed by atoms with Crippen LogP contribution >= 0.6 is 0 Å². The van der Waals surface area contributed by atoms with Gasteiger partial charge in [-0.05, 0) is 42.0 Å². The molecule has 25 heteroatoms. The van der Waals surface area contributed by atoms with Crippen LogP contribution in [0.3, 0.4) is 0 Å². The molecule has 3 saturated heterocycles. The SMILES string of the molecule is O=C(/C=C/c1ccc(O)c(O)c1)OC[C@H]1O[C@@H](Oc2cc(O)c3c(=O)c(O[C@@H]4O[C@H](CO)[C@@H](O)[C@H](O)[C@H]4O[C@@H]4O[C@H](CO)[C@@H](O)[C@H](O)[C@@H]4O)c(-c4ccc(O)c(O)c4)oc3c2)[C@H](O)[C@@H](O)[C@@H]1O. The number of hydrogen-bond donors (Lipinski definition) is 15. The molecular formula is C42H46O25. The van der Waals surface area contributed by atoms with Crippen LogP contribution in [0.4, 0.5) is 0 Å². The molecule has 25 nitrogen and oxygen atoms in total. The topological polar surface area (TPSA) is 415 Å². The first-order valence-electron chi connectivity index (χ1n) is 20.2. The van der Waals surface area contributed by atoms with Crippen molar-refractivity contribution in [3.05, 3.63) is 70.4 Å². The zero-order valence-electron chi connectivity index (χ0n) is 34.3. The van der Waals surface area contributed by atoms with Gasteiger partial charge in [0.05, 0.1) is 13.2 Å². The van der Waals surface area contributed by atoms with Gasteiger partial charge in [-0.3, -0.25) is 4.79 Å². The van der Waals surface area contributed by atoms with Gasteiger partial charge in [0.1, 0.15) is 96.2 Å². The predicted molar refractivity (Wildman–Crippen MR) is 217 cm³/mol. The molecule has 4 aromatic rings. The van der Waals surface area contributed by atoms with Crippen molar-refractivity contribution in [2.75, 3.05) is 19.8 Å². The molecule has 364 valence electrons. The number of phenolic OH excluding ortho intramolecular Hbond substituents is 5. The summed E-state index contributed by atoms with van der Waals surface area (Å²) in [6.45, 7) is -2.53. The number of fused-ring (bicyclic) bond motifs is 1. The largest absolute Gasteiger partial charge is 0.507 e. The van der Waals surface area contributed by atoms with E-state index in [1.165, 1.54) is 18.2 Å². The van der Waals surface area contributed by atoms with Gasteiger partial charge in [-0.2, -0.15) is 0 Å². The number of phenols is 5. The second-order valence-corrected chi connectivity index (χ2v) is 15.6. The van der Waals surface area contributed by atoms with Crippen LogP contribution in [-0.4, -0.2) is 195 Å². The molecule has 3 aliphatic rings. The first-order chi connectivity index (χ1) is 31.8. The van der Waals surface area contributed by atoms with E-state index in [0.29, 0.717) is 5.56 Å². The van der Waals surface area contributed by atoms with Crippen LogP contribution in [0.2, 0.25) is 0 Å². The lowest BCUT2D eigenvalue weighted by atomic mass is 9.97. The molecule has 0 saturated carbocycles. The average Bonchev–Trinajstić information content (AvgIpc) is 3.30. The smallest absolute Gasteiger partial charge is 0.330 e. The Balaban J connectivity index is 1.19. The fraction of sp³-hybridized carbons (Fsp3) is 0.429. The van der Waals surface area contributed by atoms with Crippen LogP contribution < -0.4 is 14.9 Å². The Morgan fingerprint density at radius 1 is 0.597 bits per heavy atom. The van der Waals surface area contributed by atoms with Crippen molar-refractivity contribution < 1.29 is 119 Å². The van der Waals surface area contributed by atoms with Gasteiger partial charge in [-0.15, -0.1) is 0 Å². The molecule has 0 bridgehead atoms. The van der Waals surface area contributed by atoms with E-state index in [4.69, 9.17) is 37.6 Å². The summed E-state index contributed by atoms with van der Waals surface area (Å²) in [4.78, 5) is 26.9. The summed E-state index contributed by atoms with van der Waals surface area (Å²) in [5, 5.41) is 155. The Morgan fingerprint density at radius 2 is 1.18 bits per heavy atom. The van der Waals surface area contributed by atoms with Crippen LogP contribution in [-0.2, 0) is 28.5 Å². The second kappa shape index (κ2) is 20.1. The minimum Gasteiger partial charge on any atom is -0.507 e. The van der Waals surface area contributed by atoms with Gasteiger partial charge in [-0.1, -0.05) is 6.07 Å². The summed E-state index contributed by atoms with van der Waals surface area (Å²) in [5.74, 6) is -5.92. The maximum absolute atomic E-state index is 14.4. The summed E-state index contributed by atoms with van der Waals surface area (Å²) in [6, 6.07) is 8.63. The highest BCUT2D eigenvalue weighted by Gasteiger charge is 2.52. The molecule has 0 amide bonds. The van der Waals surface area contributed by atoms with Crippen LogP contribution in [0, 0.1) is 0 Å².